The second-order valence-electron chi connectivity index (χ2n) is 9.64. The van der Waals surface area contributed by atoms with Gasteiger partial charge < -0.3 is 24.7 Å². The van der Waals surface area contributed by atoms with Crippen molar-refractivity contribution in [3.8, 4) is 17.0 Å². The van der Waals surface area contributed by atoms with Crippen molar-refractivity contribution in [3.63, 3.8) is 0 Å². The summed E-state index contributed by atoms with van der Waals surface area (Å²) in [4.78, 5) is 17.7. The number of benzene rings is 2. The van der Waals surface area contributed by atoms with Crippen molar-refractivity contribution in [2.75, 3.05) is 6.61 Å². The van der Waals surface area contributed by atoms with Crippen LogP contribution in [0.3, 0.4) is 0 Å². The average Bonchev–Trinajstić information content (AvgIpc) is 3.34. The van der Waals surface area contributed by atoms with E-state index in [0.29, 0.717) is 35.6 Å². The Balaban J connectivity index is 1.46. The lowest BCUT2D eigenvalue weighted by Gasteiger charge is -2.19. The first-order chi connectivity index (χ1) is 18.3. The van der Waals surface area contributed by atoms with Crippen molar-refractivity contribution in [3.05, 3.63) is 88.7 Å². The summed E-state index contributed by atoms with van der Waals surface area (Å²) >= 11 is 6.30. The summed E-state index contributed by atoms with van der Waals surface area (Å²) < 4.78 is 7.57. The second-order valence-corrected chi connectivity index (χ2v) is 10.0. The van der Waals surface area contributed by atoms with Gasteiger partial charge in [-0.25, -0.2) is 4.98 Å². The molecule has 7 nitrogen and oxygen atoms in total. The number of imidazole rings is 1. The van der Waals surface area contributed by atoms with Gasteiger partial charge in [-0.05, 0) is 62.9 Å². The number of amides is 1. The number of ether oxygens (including phenoxy) is 1. The molecule has 200 valence electrons. The van der Waals surface area contributed by atoms with Crippen LogP contribution in [0.4, 0.5) is 0 Å². The van der Waals surface area contributed by atoms with Gasteiger partial charge in [0.2, 0.25) is 0 Å². The van der Waals surface area contributed by atoms with Gasteiger partial charge in [-0.3, -0.25) is 4.79 Å². The van der Waals surface area contributed by atoms with Gasteiger partial charge in [0, 0.05) is 41.7 Å². The van der Waals surface area contributed by atoms with E-state index in [2.05, 4.69) is 5.32 Å². The minimum absolute atomic E-state index is 0.0216. The van der Waals surface area contributed by atoms with Crippen molar-refractivity contribution in [1.29, 1.82) is 0 Å². The number of rotatable bonds is 11. The van der Waals surface area contributed by atoms with Crippen molar-refractivity contribution >= 4 is 23.2 Å². The highest BCUT2D eigenvalue weighted by Gasteiger charge is 2.17. The molecule has 4 aromatic rings. The monoisotopic (exact) mass is 535 g/mol. The molecule has 1 unspecified atom stereocenters. The summed E-state index contributed by atoms with van der Waals surface area (Å²) in [5.41, 5.74) is 4.78. The van der Waals surface area contributed by atoms with Gasteiger partial charge in [0.05, 0.1) is 22.9 Å². The van der Waals surface area contributed by atoms with E-state index in [1.54, 1.807) is 18.2 Å². The Morgan fingerprint density at radius 1 is 1.16 bits per heavy atom. The van der Waals surface area contributed by atoms with Gasteiger partial charge in [0.1, 0.15) is 11.4 Å². The number of hydrogen-bond donors (Lipinski definition) is 3. The van der Waals surface area contributed by atoms with Gasteiger partial charge in [-0.2, -0.15) is 0 Å². The fourth-order valence-electron chi connectivity index (χ4n) is 4.39. The Hall–Kier alpha value is -3.39. The predicted molar refractivity (Wildman–Crippen MR) is 150 cm³/mol. The van der Waals surface area contributed by atoms with Crippen LogP contribution in [-0.4, -0.2) is 44.3 Å². The second kappa shape index (κ2) is 12.4. The van der Waals surface area contributed by atoms with E-state index in [9.17, 15) is 15.0 Å². The zero-order valence-electron chi connectivity index (χ0n) is 21.9. The van der Waals surface area contributed by atoms with Crippen LogP contribution in [0, 0.1) is 0 Å². The van der Waals surface area contributed by atoms with Gasteiger partial charge in [0.25, 0.3) is 5.91 Å². The van der Waals surface area contributed by atoms with Gasteiger partial charge in [-0.1, -0.05) is 48.9 Å². The maximum Gasteiger partial charge on any atom is 0.251 e. The minimum Gasteiger partial charge on any atom is -0.489 e. The van der Waals surface area contributed by atoms with Crippen LogP contribution in [0.5, 0.6) is 5.75 Å². The Labute approximate surface area is 228 Å². The first kappa shape index (κ1) is 27.6. The van der Waals surface area contributed by atoms with E-state index >= 15 is 0 Å². The molecule has 2 aromatic heterocycles. The third-order valence-corrected chi connectivity index (χ3v) is 6.66. The molecule has 0 saturated heterocycles. The van der Waals surface area contributed by atoms with Gasteiger partial charge >= 0.3 is 0 Å². The molecule has 0 fully saturated rings. The summed E-state index contributed by atoms with van der Waals surface area (Å²) in [5.74, 6) is 0.279. The first-order valence-electron chi connectivity index (χ1n) is 12.9. The molecule has 0 bridgehead atoms. The first-order valence-corrected chi connectivity index (χ1v) is 13.3. The Bertz CT molecular complexity index is 1380. The lowest BCUT2D eigenvalue weighted by atomic mass is 10.0. The number of nitrogens with zero attached hydrogens (tertiary/aromatic N) is 2. The number of hydrogen-bond acceptors (Lipinski definition) is 5. The average molecular weight is 536 g/mol. The summed E-state index contributed by atoms with van der Waals surface area (Å²) in [5, 5.41) is 23.3. The summed E-state index contributed by atoms with van der Waals surface area (Å²) in [6, 6.07) is 16.5. The molecule has 0 spiro atoms. The summed E-state index contributed by atoms with van der Waals surface area (Å²) in [6.45, 7) is 5.72. The number of carbonyl (C=O) groups is 1. The highest BCUT2D eigenvalue weighted by molar-refractivity contribution is 6.32. The molecule has 4 rings (SSSR count). The maximum absolute atomic E-state index is 12.9. The van der Waals surface area contributed by atoms with E-state index in [4.69, 9.17) is 21.3 Å². The smallest absolute Gasteiger partial charge is 0.251 e. The molecule has 2 aromatic carbocycles. The molecule has 0 radical (unpaired) electrons. The number of nitrogens with one attached hydrogen (secondary N) is 1. The largest absolute Gasteiger partial charge is 0.489 e. The fourth-order valence-corrected chi connectivity index (χ4v) is 4.62. The lowest BCUT2D eigenvalue weighted by Crippen LogP contribution is -2.37. The Morgan fingerprint density at radius 3 is 2.58 bits per heavy atom. The molecule has 8 heteroatoms. The molecule has 2 atom stereocenters. The predicted octanol–water partition coefficient (Wildman–Crippen LogP) is 5.61. The summed E-state index contributed by atoms with van der Waals surface area (Å²) in [7, 11) is 0. The van der Waals surface area contributed by atoms with Crippen LogP contribution < -0.4 is 10.1 Å². The zero-order valence-corrected chi connectivity index (χ0v) is 22.7. The number of pyridine rings is 1. The van der Waals surface area contributed by atoms with E-state index in [1.165, 1.54) is 0 Å². The third kappa shape index (κ3) is 6.54. The van der Waals surface area contributed by atoms with Crippen LogP contribution in [-0.2, 0) is 6.42 Å². The summed E-state index contributed by atoms with van der Waals surface area (Å²) in [6.07, 6.45) is 4.90. The third-order valence-electron chi connectivity index (χ3n) is 6.36. The molecule has 38 heavy (non-hydrogen) atoms. The maximum atomic E-state index is 12.9. The number of aliphatic hydroxyl groups is 2. The van der Waals surface area contributed by atoms with Gasteiger partial charge in [-0.15, -0.1) is 0 Å². The molecular weight excluding hydrogens is 502 g/mol. The van der Waals surface area contributed by atoms with Crippen LogP contribution in [0.2, 0.25) is 5.02 Å². The number of halogens is 1. The molecule has 3 N–H and O–H groups in total. The van der Waals surface area contributed by atoms with E-state index in [-0.39, 0.29) is 24.7 Å². The van der Waals surface area contributed by atoms with Crippen molar-refractivity contribution in [2.45, 2.75) is 58.3 Å². The van der Waals surface area contributed by atoms with Crippen molar-refractivity contribution < 1.29 is 19.7 Å². The highest BCUT2D eigenvalue weighted by Crippen LogP contribution is 2.27. The van der Waals surface area contributed by atoms with Gasteiger partial charge in [0.15, 0.2) is 0 Å². The fraction of sp³-hybridized carbons (Fsp3) is 0.333. The van der Waals surface area contributed by atoms with E-state index in [1.807, 2.05) is 74.0 Å². The van der Waals surface area contributed by atoms with E-state index in [0.717, 1.165) is 28.0 Å². The van der Waals surface area contributed by atoms with Crippen LogP contribution >= 0.6 is 11.6 Å². The topological polar surface area (TPSA) is 96.1 Å². The molecule has 0 saturated carbocycles. The van der Waals surface area contributed by atoms with Crippen molar-refractivity contribution in [2.24, 2.45) is 0 Å². The zero-order chi connectivity index (χ0) is 27.2. The van der Waals surface area contributed by atoms with Crippen LogP contribution in [0.15, 0.2) is 67.0 Å². The molecule has 0 aliphatic rings. The molecule has 0 aliphatic carbocycles. The quantitative estimate of drug-likeness (QED) is 0.232. The Morgan fingerprint density at radius 2 is 1.92 bits per heavy atom. The standard InChI is InChI=1S/C30H34ClN3O4/c1-4-27(36)24-6-5-14-34-18-26(33-29(24)34)21-9-7-20(8-10-21)16-23(13-15-35)32-30(37)22-11-12-28(25(31)17-22)38-19(2)3/h5-12,14,17-19,23,27,35-36H,4,13,15-16H2,1-3H3,(H,32,37)/t23-,27?/m0/s1. The van der Waals surface area contributed by atoms with Crippen LogP contribution in [0.1, 0.15) is 61.2 Å². The molecular formula is C30H34ClN3O4. The minimum atomic E-state index is -0.558. The lowest BCUT2D eigenvalue weighted by molar-refractivity contribution is 0.0930. The molecule has 1 amide bonds. The SMILES string of the molecule is CCC(O)c1cccn2cc(-c3ccc(C[C@H](CCO)NC(=O)c4ccc(OC(C)C)c(Cl)c4)cc3)nc12. The van der Waals surface area contributed by atoms with Crippen molar-refractivity contribution in [1.82, 2.24) is 14.7 Å². The highest BCUT2D eigenvalue weighted by atomic mass is 35.5. The Kier molecular flexibility index (Phi) is 9.05. The van der Waals surface area contributed by atoms with E-state index < -0.39 is 6.10 Å². The molecule has 0 aliphatic heterocycles. The van der Waals surface area contributed by atoms with Crippen LogP contribution in [0.25, 0.3) is 16.9 Å². The number of carbonyl (C=O) groups excluding carboxylic acids is 1. The molecule has 2 heterocycles. The number of aliphatic hydroxyl groups excluding tert-OH is 2. The number of aromatic nitrogens is 2. The number of fused-ring (bicyclic) bond motifs is 1. The normalized spacial score (nSPS) is 13.0.